The van der Waals surface area contributed by atoms with Gasteiger partial charge in [-0.15, -0.1) is 0 Å². The number of hydrogen-bond acceptors (Lipinski definition) is 10. The second-order valence-corrected chi connectivity index (χ2v) is 19.1. The summed E-state index contributed by atoms with van der Waals surface area (Å²) in [6, 6.07) is 37.9. The summed E-state index contributed by atoms with van der Waals surface area (Å²) in [5.74, 6) is 1.31. The summed E-state index contributed by atoms with van der Waals surface area (Å²) in [7, 11) is 0. The number of Topliss-reactive ketones (excluding diaryl/α,β-unsaturated/α-hetero) is 9. The van der Waals surface area contributed by atoms with E-state index in [0.29, 0.717) is 54.8 Å². The summed E-state index contributed by atoms with van der Waals surface area (Å²) in [5.41, 5.74) is 9.50. The first-order valence-corrected chi connectivity index (χ1v) is 25.6. The zero-order chi connectivity index (χ0) is 56.3. The van der Waals surface area contributed by atoms with Gasteiger partial charge in [-0.25, -0.2) is 0 Å². The molecule has 0 aromatic heterocycles. The van der Waals surface area contributed by atoms with E-state index in [0.717, 1.165) is 78.5 Å². The van der Waals surface area contributed by atoms with E-state index in [4.69, 9.17) is 0 Å². The number of carbonyl (C=O) groups is 10. The molecule has 0 bridgehead atoms. The lowest BCUT2D eigenvalue weighted by molar-refractivity contribution is -0.118. The summed E-state index contributed by atoms with van der Waals surface area (Å²) >= 11 is 0. The highest BCUT2D eigenvalue weighted by Crippen LogP contribution is 2.15. The SMILES string of the molecule is CC(=O)CCCCCCCCC(C)=O.CC(=O)Cc1ccc(CC(C)=O)cc1.CC(=O)Cc1ccc(Cc2ccc(CC(C)=O)cc2)cc1.CC(=O)Cc1cccc(NC(C)=O)c1.CC(=O)c1ccc(C(C)=O)cc1. The normalized spacial score (nSPS) is 9.95. The molecule has 0 fully saturated rings. The first kappa shape index (κ1) is 65.6. The van der Waals surface area contributed by atoms with Gasteiger partial charge in [-0.1, -0.05) is 135 Å². The van der Waals surface area contributed by atoms with E-state index >= 15 is 0 Å². The molecular weight excluding hydrogens is 943 g/mol. The van der Waals surface area contributed by atoms with Crippen molar-refractivity contribution in [1.29, 1.82) is 0 Å². The number of rotatable bonds is 24. The van der Waals surface area contributed by atoms with Gasteiger partial charge in [0.05, 0.1) is 0 Å². The zero-order valence-electron chi connectivity index (χ0n) is 46.0. The number of nitrogens with one attached hydrogen (secondary N) is 1. The molecule has 0 heterocycles. The first-order valence-electron chi connectivity index (χ1n) is 25.6. The van der Waals surface area contributed by atoms with Crippen molar-refractivity contribution >= 4 is 63.6 Å². The quantitative estimate of drug-likeness (QED) is 0.0461. The molecule has 0 unspecified atom stereocenters. The molecular formula is C64H79NO10. The highest BCUT2D eigenvalue weighted by Gasteiger charge is 2.05. The van der Waals surface area contributed by atoms with Crippen LogP contribution in [-0.2, 0) is 76.9 Å². The van der Waals surface area contributed by atoms with E-state index in [2.05, 4.69) is 29.6 Å². The molecule has 0 saturated carbocycles. The van der Waals surface area contributed by atoms with Gasteiger partial charge in [0.1, 0.15) is 40.5 Å². The molecule has 0 aliphatic carbocycles. The fourth-order valence-electron chi connectivity index (χ4n) is 7.35. The fourth-order valence-corrected chi connectivity index (χ4v) is 7.35. The van der Waals surface area contributed by atoms with Gasteiger partial charge in [-0.3, -0.25) is 38.4 Å². The van der Waals surface area contributed by atoms with Crippen LogP contribution in [0.3, 0.4) is 0 Å². The van der Waals surface area contributed by atoms with Crippen LogP contribution in [0, 0.1) is 0 Å². The first-order chi connectivity index (χ1) is 35.4. The van der Waals surface area contributed by atoms with Gasteiger partial charge in [0, 0.05) is 68.7 Å². The van der Waals surface area contributed by atoms with E-state index in [1.807, 2.05) is 66.7 Å². The Kier molecular flexibility index (Phi) is 32.7. The number of amides is 1. The maximum atomic E-state index is 11.1. The summed E-state index contributed by atoms with van der Waals surface area (Å²) in [5, 5.41) is 2.67. The van der Waals surface area contributed by atoms with Crippen molar-refractivity contribution in [3.8, 4) is 0 Å². The van der Waals surface area contributed by atoms with Crippen molar-refractivity contribution in [3.63, 3.8) is 0 Å². The summed E-state index contributed by atoms with van der Waals surface area (Å²) < 4.78 is 0. The third-order valence-corrected chi connectivity index (χ3v) is 11.0. The maximum absolute atomic E-state index is 11.1. The second kappa shape index (κ2) is 37.3. The Balaban J connectivity index is 0.000000476. The molecule has 0 atom stereocenters. The Bertz CT molecular complexity index is 2450. The number of anilines is 1. The van der Waals surface area contributed by atoms with Gasteiger partial charge in [-0.05, 0) is 133 Å². The number of unbranched alkanes of at least 4 members (excludes halogenated alkanes) is 5. The average Bonchev–Trinajstić information content (AvgIpc) is 3.31. The van der Waals surface area contributed by atoms with E-state index in [1.165, 1.54) is 44.7 Å². The van der Waals surface area contributed by atoms with Crippen LogP contribution < -0.4 is 5.32 Å². The van der Waals surface area contributed by atoms with Crippen LogP contribution in [-0.4, -0.2) is 58.0 Å². The summed E-state index contributed by atoms with van der Waals surface area (Å²) in [4.78, 5) is 108. The van der Waals surface area contributed by atoms with Crippen LogP contribution in [0.25, 0.3) is 0 Å². The smallest absolute Gasteiger partial charge is 0.221 e. The monoisotopic (exact) mass is 1020 g/mol. The molecule has 1 N–H and O–H groups in total. The number of ketones is 9. The number of carbonyl (C=O) groups excluding carboxylic acids is 10. The fraction of sp³-hybridized carbons (Fsp3) is 0.375. The van der Waals surface area contributed by atoms with E-state index in [-0.39, 0.29) is 46.4 Å². The molecule has 400 valence electrons. The van der Waals surface area contributed by atoms with Crippen molar-refractivity contribution < 1.29 is 47.9 Å². The van der Waals surface area contributed by atoms with Crippen LogP contribution in [0.1, 0.15) is 180 Å². The van der Waals surface area contributed by atoms with E-state index < -0.39 is 0 Å². The minimum absolute atomic E-state index is 0.0186. The predicted octanol–water partition coefficient (Wildman–Crippen LogP) is 12.6. The number of benzene rings is 5. The molecule has 11 nitrogen and oxygen atoms in total. The average molecular weight is 1020 g/mol. The third-order valence-electron chi connectivity index (χ3n) is 11.0. The van der Waals surface area contributed by atoms with Crippen LogP contribution in [0.2, 0.25) is 0 Å². The molecule has 0 saturated heterocycles. The molecule has 75 heavy (non-hydrogen) atoms. The molecule has 0 spiro atoms. The van der Waals surface area contributed by atoms with Gasteiger partial charge < -0.3 is 14.9 Å². The van der Waals surface area contributed by atoms with Gasteiger partial charge in [0.15, 0.2) is 11.6 Å². The Labute approximate surface area is 445 Å². The highest BCUT2D eigenvalue weighted by atomic mass is 16.2. The van der Waals surface area contributed by atoms with Crippen molar-refractivity contribution in [3.05, 3.63) is 171 Å². The number of hydrogen-bond donors (Lipinski definition) is 1. The molecule has 5 aromatic carbocycles. The highest BCUT2D eigenvalue weighted by molar-refractivity contribution is 5.97. The largest absolute Gasteiger partial charge is 0.326 e. The lowest BCUT2D eigenvalue weighted by atomic mass is 10.00. The van der Waals surface area contributed by atoms with Crippen molar-refractivity contribution in [1.82, 2.24) is 0 Å². The zero-order valence-corrected chi connectivity index (χ0v) is 46.0. The molecule has 11 heteroatoms. The van der Waals surface area contributed by atoms with Crippen LogP contribution in [0.4, 0.5) is 5.69 Å². The molecule has 5 aromatic rings. The third kappa shape index (κ3) is 34.6. The Morgan fingerprint density at radius 2 is 0.587 bits per heavy atom. The lowest BCUT2D eigenvalue weighted by Crippen LogP contribution is -2.06. The van der Waals surface area contributed by atoms with Crippen LogP contribution in [0.15, 0.2) is 121 Å². The molecule has 5 rings (SSSR count). The van der Waals surface area contributed by atoms with Crippen molar-refractivity contribution in [2.75, 3.05) is 5.32 Å². The van der Waals surface area contributed by atoms with Crippen molar-refractivity contribution in [2.24, 2.45) is 0 Å². The summed E-state index contributed by atoms with van der Waals surface area (Å²) in [6.07, 6.45) is 11.4. The minimum Gasteiger partial charge on any atom is -0.326 e. The van der Waals surface area contributed by atoms with Crippen molar-refractivity contribution in [2.45, 2.75) is 159 Å². The standard InChI is InChI=1S/C19H20O2.C12H14O2.C12H22O2.C11H13NO2.C10H10O2/c1-14(20)11-16-3-7-18(8-4-16)13-19-9-5-17(6-10-19)12-15(2)21;1-9(13)7-11-3-5-12(6-4-11)8-10(2)14;1-11(13)9-7-5-3-4-6-8-10-12(2)14;1-8(13)6-10-4-3-5-11(7-10)12-9(2)14;1-7(11)9-3-5-10(6-4-9)8(2)12/h3-10H,11-13H2,1-2H3;3-6H,7-8H2,1-2H3;3-10H2,1-2H3;3-5,7H,6H2,1-2H3,(H,12,14);3-6H,1-2H3. The maximum Gasteiger partial charge on any atom is 0.221 e. The molecule has 0 radical (unpaired) electrons. The molecule has 0 aliphatic heterocycles. The van der Waals surface area contributed by atoms with Gasteiger partial charge in [0.2, 0.25) is 5.91 Å². The molecule has 1 amide bonds. The van der Waals surface area contributed by atoms with Gasteiger partial charge in [0.25, 0.3) is 0 Å². The molecule has 0 aliphatic rings. The van der Waals surface area contributed by atoms with Crippen LogP contribution in [0.5, 0.6) is 0 Å². The Morgan fingerprint density at radius 1 is 0.307 bits per heavy atom. The Morgan fingerprint density at radius 3 is 0.853 bits per heavy atom. The second-order valence-electron chi connectivity index (χ2n) is 19.1. The summed E-state index contributed by atoms with van der Waals surface area (Å²) in [6.45, 7) is 15.7. The predicted molar refractivity (Wildman–Crippen MR) is 300 cm³/mol. The van der Waals surface area contributed by atoms with Gasteiger partial charge in [-0.2, -0.15) is 0 Å². The lowest BCUT2D eigenvalue weighted by Gasteiger charge is -2.05. The topological polar surface area (TPSA) is 183 Å². The van der Waals surface area contributed by atoms with Gasteiger partial charge >= 0.3 is 0 Å². The van der Waals surface area contributed by atoms with E-state index in [9.17, 15) is 47.9 Å². The van der Waals surface area contributed by atoms with E-state index in [1.54, 1.807) is 78.8 Å². The Hall–Kier alpha value is -7.40. The minimum atomic E-state index is -0.107. The van der Waals surface area contributed by atoms with Crippen LogP contribution >= 0.6 is 0 Å².